The lowest BCUT2D eigenvalue weighted by molar-refractivity contribution is -0.134. The predicted molar refractivity (Wildman–Crippen MR) is 77.0 cm³/mol. The molecule has 22 heavy (non-hydrogen) atoms. The summed E-state index contributed by atoms with van der Waals surface area (Å²) in [5.74, 6) is -1.27. The van der Waals surface area contributed by atoms with Crippen LogP contribution in [-0.4, -0.2) is 27.5 Å². The zero-order chi connectivity index (χ0) is 15.5. The molecule has 0 bridgehead atoms. The molecule has 1 aliphatic heterocycles. The Bertz CT molecular complexity index is 657. The number of nitrogens with zero attached hydrogens (tertiary/aromatic N) is 2. The summed E-state index contributed by atoms with van der Waals surface area (Å²) in [6, 6.07) is 3.15. The van der Waals surface area contributed by atoms with Crippen LogP contribution in [0.25, 0.3) is 0 Å². The van der Waals surface area contributed by atoms with Crippen molar-refractivity contribution in [2.24, 2.45) is 0 Å². The second-order valence-corrected chi connectivity index (χ2v) is 5.54. The number of benzene rings is 1. The molecule has 1 fully saturated rings. The summed E-state index contributed by atoms with van der Waals surface area (Å²) in [4.78, 5) is 14.3. The van der Waals surface area contributed by atoms with E-state index in [0.717, 1.165) is 43.0 Å². The molecule has 0 radical (unpaired) electrons. The molecule has 1 aromatic carbocycles. The predicted octanol–water partition coefficient (Wildman–Crippen LogP) is 2.98. The van der Waals surface area contributed by atoms with Gasteiger partial charge in [-0.2, -0.15) is 5.10 Å². The number of aromatic amines is 1. The Morgan fingerprint density at radius 1 is 1.36 bits per heavy atom. The number of amides is 1. The number of rotatable bonds is 3. The van der Waals surface area contributed by atoms with Gasteiger partial charge in [0, 0.05) is 23.9 Å². The van der Waals surface area contributed by atoms with E-state index in [1.165, 1.54) is 0 Å². The van der Waals surface area contributed by atoms with E-state index in [4.69, 9.17) is 0 Å². The summed E-state index contributed by atoms with van der Waals surface area (Å²) in [6.45, 7) is 0.631. The Morgan fingerprint density at radius 2 is 2.23 bits per heavy atom. The standard InChI is InChI=1S/C16H17F2N3O/c17-13-4-5-14(18)11(7-13)8-16(22)21-6-2-1-3-15(21)12-9-19-20-10-12/h4-5,7,9-10,15H,1-3,6,8H2,(H,19,20). The SMILES string of the molecule is O=C(Cc1cc(F)ccc1F)N1CCCCC1c1cn[nH]c1. The van der Waals surface area contributed by atoms with Gasteiger partial charge >= 0.3 is 0 Å². The van der Waals surface area contributed by atoms with Gasteiger partial charge in [-0.15, -0.1) is 0 Å². The van der Waals surface area contributed by atoms with E-state index in [2.05, 4.69) is 10.2 Å². The zero-order valence-electron chi connectivity index (χ0n) is 12.1. The van der Waals surface area contributed by atoms with Crippen LogP contribution in [0.2, 0.25) is 0 Å². The number of piperidine rings is 1. The Kier molecular flexibility index (Phi) is 4.18. The lowest BCUT2D eigenvalue weighted by atomic mass is 9.96. The molecule has 3 rings (SSSR count). The molecule has 1 aliphatic rings. The number of carbonyl (C=O) groups excluding carboxylic acids is 1. The molecule has 0 spiro atoms. The summed E-state index contributed by atoms with van der Waals surface area (Å²) in [5, 5.41) is 6.68. The maximum Gasteiger partial charge on any atom is 0.227 e. The van der Waals surface area contributed by atoms with Crippen molar-refractivity contribution in [2.75, 3.05) is 6.54 Å². The maximum absolute atomic E-state index is 13.7. The second-order valence-electron chi connectivity index (χ2n) is 5.54. The molecule has 1 amide bonds. The van der Waals surface area contributed by atoms with Gasteiger partial charge in [0.2, 0.25) is 5.91 Å². The third-order valence-corrected chi connectivity index (χ3v) is 4.08. The van der Waals surface area contributed by atoms with E-state index in [-0.39, 0.29) is 23.9 Å². The van der Waals surface area contributed by atoms with Crippen LogP contribution in [0.1, 0.15) is 36.4 Å². The quantitative estimate of drug-likeness (QED) is 0.947. The number of nitrogens with one attached hydrogen (secondary N) is 1. The fourth-order valence-electron chi connectivity index (χ4n) is 2.96. The molecular weight excluding hydrogens is 288 g/mol. The van der Waals surface area contributed by atoms with Crippen LogP contribution in [0, 0.1) is 11.6 Å². The molecule has 1 saturated heterocycles. The molecule has 116 valence electrons. The van der Waals surface area contributed by atoms with Gasteiger partial charge in [-0.25, -0.2) is 8.78 Å². The first kappa shape index (κ1) is 14.7. The van der Waals surface area contributed by atoms with Crippen molar-refractivity contribution < 1.29 is 13.6 Å². The molecule has 1 unspecified atom stereocenters. The van der Waals surface area contributed by atoms with Crippen molar-refractivity contribution >= 4 is 5.91 Å². The van der Waals surface area contributed by atoms with Crippen molar-refractivity contribution in [3.05, 3.63) is 53.4 Å². The van der Waals surface area contributed by atoms with Crippen LogP contribution in [0.15, 0.2) is 30.6 Å². The van der Waals surface area contributed by atoms with E-state index in [9.17, 15) is 13.6 Å². The third-order valence-electron chi connectivity index (χ3n) is 4.08. The summed E-state index contributed by atoms with van der Waals surface area (Å²) in [7, 11) is 0. The Balaban J connectivity index is 1.79. The largest absolute Gasteiger partial charge is 0.335 e. The topological polar surface area (TPSA) is 49.0 Å². The Labute approximate surface area is 127 Å². The highest BCUT2D eigenvalue weighted by Crippen LogP contribution is 2.31. The van der Waals surface area contributed by atoms with Gasteiger partial charge in [-0.05, 0) is 37.5 Å². The van der Waals surface area contributed by atoms with Gasteiger partial charge in [0.1, 0.15) is 11.6 Å². The van der Waals surface area contributed by atoms with Crippen LogP contribution in [0.5, 0.6) is 0 Å². The van der Waals surface area contributed by atoms with Gasteiger partial charge in [-0.1, -0.05) is 0 Å². The average molecular weight is 305 g/mol. The van der Waals surface area contributed by atoms with Crippen LogP contribution < -0.4 is 0 Å². The molecule has 1 atom stereocenters. The minimum absolute atomic E-state index is 0.0448. The van der Waals surface area contributed by atoms with E-state index in [1.54, 1.807) is 17.3 Å². The Hall–Kier alpha value is -2.24. The molecular formula is C16H17F2N3O. The van der Waals surface area contributed by atoms with E-state index < -0.39 is 11.6 Å². The minimum Gasteiger partial charge on any atom is -0.335 e. The van der Waals surface area contributed by atoms with Gasteiger partial charge in [0.05, 0.1) is 18.7 Å². The molecule has 2 heterocycles. The molecule has 1 N–H and O–H groups in total. The fraction of sp³-hybridized carbons (Fsp3) is 0.375. The first-order chi connectivity index (χ1) is 10.6. The highest BCUT2D eigenvalue weighted by molar-refractivity contribution is 5.79. The first-order valence-electron chi connectivity index (χ1n) is 7.37. The van der Waals surface area contributed by atoms with Crippen molar-refractivity contribution in [2.45, 2.75) is 31.7 Å². The number of likely N-dealkylation sites (tertiary alicyclic amines) is 1. The second kappa shape index (κ2) is 6.25. The number of aromatic nitrogens is 2. The maximum atomic E-state index is 13.7. The smallest absolute Gasteiger partial charge is 0.227 e. The van der Waals surface area contributed by atoms with Crippen molar-refractivity contribution in [3.63, 3.8) is 0 Å². The third kappa shape index (κ3) is 3.00. The van der Waals surface area contributed by atoms with Crippen molar-refractivity contribution in [1.29, 1.82) is 0 Å². The van der Waals surface area contributed by atoms with E-state index in [0.29, 0.717) is 6.54 Å². The van der Waals surface area contributed by atoms with Gasteiger partial charge in [0.25, 0.3) is 0 Å². The minimum atomic E-state index is -0.549. The summed E-state index contributed by atoms with van der Waals surface area (Å²) in [6.07, 6.45) is 6.17. The monoisotopic (exact) mass is 305 g/mol. The highest BCUT2D eigenvalue weighted by Gasteiger charge is 2.28. The molecule has 0 aliphatic carbocycles. The first-order valence-corrected chi connectivity index (χ1v) is 7.37. The lowest BCUT2D eigenvalue weighted by Gasteiger charge is -2.35. The van der Waals surface area contributed by atoms with Crippen LogP contribution in [0.4, 0.5) is 8.78 Å². The lowest BCUT2D eigenvalue weighted by Crippen LogP contribution is -2.39. The van der Waals surface area contributed by atoms with Crippen LogP contribution >= 0.6 is 0 Å². The van der Waals surface area contributed by atoms with Gasteiger partial charge in [0.15, 0.2) is 0 Å². The molecule has 1 aromatic heterocycles. The molecule has 2 aromatic rings. The molecule has 6 heteroatoms. The Morgan fingerprint density at radius 3 is 3.00 bits per heavy atom. The fourth-order valence-corrected chi connectivity index (χ4v) is 2.96. The van der Waals surface area contributed by atoms with Gasteiger partial charge < -0.3 is 4.90 Å². The van der Waals surface area contributed by atoms with Crippen molar-refractivity contribution in [1.82, 2.24) is 15.1 Å². The molecule has 4 nitrogen and oxygen atoms in total. The van der Waals surface area contributed by atoms with Crippen LogP contribution in [-0.2, 0) is 11.2 Å². The number of halogens is 2. The van der Waals surface area contributed by atoms with Crippen molar-refractivity contribution in [3.8, 4) is 0 Å². The summed E-state index contributed by atoms with van der Waals surface area (Å²) < 4.78 is 27.0. The normalized spacial score (nSPS) is 18.5. The number of H-pyrrole nitrogens is 1. The number of hydrogen-bond acceptors (Lipinski definition) is 2. The zero-order valence-corrected chi connectivity index (χ0v) is 12.1. The number of hydrogen-bond donors (Lipinski definition) is 1. The molecule has 0 saturated carbocycles. The van der Waals surface area contributed by atoms with Crippen LogP contribution in [0.3, 0.4) is 0 Å². The van der Waals surface area contributed by atoms with E-state index in [1.807, 2.05) is 0 Å². The van der Waals surface area contributed by atoms with E-state index >= 15 is 0 Å². The highest BCUT2D eigenvalue weighted by atomic mass is 19.1. The average Bonchev–Trinajstić information content (AvgIpc) is 3.05. The summed E-state index contributed by atoms with van der Waals surface area (Å²) in [5.41, 5.74) is 1.05. The number of carbonyl (C=O) groups is 1. The van der Waals surface area contributed by atoms with Gasteiger partial charge in [-0.3, -0.25) is 9.89 Å². The summed E-state index contributed by atoms with van der Waals surface area (Å²) >= 11 is 0.